The Bertz CT molecular complexity index is 1110. The highest BCUT2D eigenvalue weighted by molar-refractivity contribution is 6.01. The minimum Gasteiger partial charge on any atom is -0.488 e. The first kappa shape index (κ1) is 22.4. The molecule has 178 valence electrons. The van der Waals surface area contributed by atoms with Gasteiger partial charge in [-0.15, -0.1) is 0 Å². The molecule has 2 aromatic rings. The Labute approximate surface area is 198 Å². The van der Waals surface area contributed by atoms with Crippen molar-refractivity contribution in [2.24, 2.45) is 0 Å². The van der Waals surface area contributed by atoms with Gasteiger partial charge in [0.25, 0.3) is 0 Å². The van der Waals surface area contributed by atoms with Crippen molar-refractivity contribution in [2.75, 3.05) is 20.2 Å². The number of methoxy groups -OCH3 is 1. The third-order valence-corrected chi connectivity index (χ3v) is 7.11. The number of likely N-dealkylation sites (tertiary alicyclic amines) is 1. The molecule has 0 saturated carbocycles. The minimum atomic E-state index is -0.446. The maximum absolute atomic E-state index is 14.2. The molecule has 0 aromatic heterocycles. The zero-order valence-electron chi connectivity index (χ0n) is 19.3. The molecule has 0 aliphatic carbocycles. The summed E-state index contributed by atoms with van der Waals surface area (Å²) in [5.74, 6) is -0.464. The van der Waals surface area contributed by atoms with Crippen molar-refractivity contribution >= 4 is 17.6 Å². The fourth-order valence-electron chi connectivity index (χ4n) is 5.50. The molecule has 0 N–H and O–H groups in total. The van der Waals surface area contributed by atoms with E-state index >= 15 is 0 Å². The second-order valence-corrected chi connectivity index (χ2v) is 9.13. The van der Waals surface area contributed by atoms with Crippen LogP contribution in [0.25, 0.3) is 5.57 Å². The van der Waals surface area contributed by atoms with E-state index < -0.39 is 11.8 Å². The van der Waals surface area contributed by atoms with E-state index in [-0.39, 0.29) is 24.7 Å². The molecule has 3 heterocycles. The van der Waals surface area contributed by atoms with Gasteiger partial charge in [0.1, 0.15) is 18.2 Å². The number of nitrogens with zero attached hydrogens (tertiary/aromatic N) is 2. The number of hydrogen-bond donors (Lipinski definition) is 0. The van der Waals surface area contributed by atoms with Crippen molar-refractivity contribution in [1.29, 1.82) is 0 Å². The lowest BCUT2D eigenvalue weighted by molar-refractivity contribution is -0.136. The van der Waals surface area contributed by atoms with Crippen molar-refractivity contribution in [3.63, 3.8) is 0 Å². The van der Waals surface area contributed by atoms with Crippen LogP contribution in [0.4, 0.5) is 9.18 Å². The molecule has 2 aromatic carbocycles. The topological polar surface area (TPSA) is 59.1 Å². The summed E-state index contributed by atoms with van der Waals surface area (Å²) in [7, 11) is 1.36. The monoisotopic (exact) mass is 464 g/mol. The summed E-state index contributed by atoms with van der Waals surface area (Å²) in [6, 6.07) is 13.7. The normalized spacial score (nSPS) is 21.7. The van der Waals surface area contributed by atoms with Gasteiger partial charge < -0.3 is 19.3 Å². The number of amides is 2. The average molecular weight is 465 g/mol. The molecule has 2 bridgehead atoms. The number of halogens is 1. The fraction of sp³-hybridized carbons (Fsp3) is 0.407. The van der Waals surface area contributed by atoms with Crippen LogP contribution < -0.4 is 4.74 Å². The molecule has 3 aliphatic heterocycles. The van der Waals surface area contributed by atoms with E-state index in [1.807, 2.05) is 40.1 Å². The summed E-state index contributed by atoms with van der Waals surface area (Å²) < 4.78 is 25.4. The number of benzene rings is 2. The number of esters is 1. The highest BCUT2D eigenvalue weighted by atomic mass is 19.1. The molecule has 6 nitrogen and oxygen atoms in total. The second kappa shape index (κ2) is 9.49. The van der Waals surface area contributed by atoms with Crippen molar-refractivity contribution in [1.82, 2.24) is 9.80 Å². The summed E-state index contributed by atoms with van der Waals surface area (Å²) >= 11 is 0. The summed E-state index contributed by atoms with van der Waals surface area (Å²) in [6.07, 6.45) is 4.05. The van der Waals surface area contributed by atoms with Gasteiger partial charge in [-0.1, -0.05) is 30.3 Å². The van der Waals surface area contributed by atoms with E-state index in [9.17, 15) is 14.0 Å². The molecule has 0 unspecified atom stereocenters. The molecular formula is C27H29FN2O4. The number of urea groups is 1. The molecule has 2 fully saturated rings. The van der Waals surface area contributed by atoms with Crippen LogP contribution in [-0.2, 0) is 16.1 Å². The lowest BCUT2D eigenvalue weighted by Crippen LogP contribution is -2.51. The zero-order chi connectivity index (χ0) is 23.7. The first-order chi connectivity index (χ1) is 16.6. The molecular weight excluding hydrogens is 435 g/mol. The lowest BCUT2D eigenvalue weighted by Gasteiger charge is -2.39. The first-order valence-corrected chi connectivity index (χ1v) is 11.9. The smallest absolute Gasteiger partial charge is 0.336 e. The van der Waals surface area contributed by atoms with E-state index in [0.717, 1.165) is 43.5 Å². The Morgan fingerprint density at radius 3 is 2.56 bits per heavy atom. The van der Waals surface area contributed by atoms with Gasteiger partial charge in [-0.3, -0.25) is 0 Å². The van der Waals surface area contributed by atoms with Gasteiger partial charge in [0, 0.05) is 30.8 Å². The summed E-state index contributed by atoms with van der Waals surface area (Å²) in [6.45, 7) is 1.80. The quantitative estimate of drug-likeness (QED) is 0.598. The molecule has 2 saturated heterocycles. The van der Waals surface area contributed by atoms with Gasteiger partial charge in [-0.2, -0.15) is 0 Å². The number of carbonyl (C=O) groups excluding carboxylic acids is 2. The molecule has 5 rings (SSSR count). The van der Waals surface area contributed by atoms with Gasteiger partial charge in [-0.25, -0.2) is 14.0 Å². The Balaban J connectivity index is 1.52. The molecule has 0 spiro atoms. The van der Waals surface area contributed by atoms with E-state index in [4.69, 9.17) is 9.47 Å². The maximum atomic E-state index is 14.2. The predicted octanol–water partition coefficient (Wildman–Crippen LogP) is 4.78. The van der Waals surface area contributed by atoms with Gasteiger partial charge >= 0.3 is 12.0 Å². The highest BCUT2D eigenvalue weighted by Gasteiger charge is 2.48. The van der Waals surface area contributed by atoms with Crippen molar-refractivity contribution in [2.45, 2.75) is 50.8 Å². The van der Waals surface area contributed by atoms with Crippen LogP contribution in [0, 0.1) is 5.82 Å². The van der Waals surface area contributed by atoms with Crippen molar-refractivity contribution in [3.05, 3.63) is 71.0 Å². The maximum Gasteiger partial charge on any atom is 0.336 e. The predicted molar refractivity (Wildman–Crippen MR) is 126 cm³/mol. The van der Waals surface area contributed by atoms with Crippen molar-refractivity contribution in [3.8, 4) is 5.75 Å². The SMILES string of the molecule is COC(=O)C1=C(c2ccc(F)cc2OCc2ccccc2)C[C@@H]2CC[C@H]1N2C(=O)N1CCCC1. The van der Waals surface area contributed by atoms with Gasteiger partial charge in [-0.05, 0) is 55.4 Å². The molecule has 7 heteroatoms. The molecule has 3 aliphatic rings. The largest absolute Gasteiger partial charge is 0.488 e. The van der Waals surface area contributed by atoms with Crippen LogP contribution in [-0.4, -0.2) is 54.1 Å². The number of hydrogen-bond acceptors (Lipinski definition) is 4. The van der Waals surface area contributed by atoms with Crippen LogP contribution in [0.5, 0.6) is 5.75 Å². The van der Waals surface area contributed by atoms with Gasteiger partial charge in [0.2, 0.25) is 0 Å². The lowest BCUT2D eigenvalue weighted by atomic mass is 9.88. The van der Waals surface area contributed by atoms with Crippen molar-refractivity contribution < 1.29 is 23.5 Å². The summed E-state index contributed by atoms with van der Waals surface area (Å²) in [5, 5.41) is 0. The van der Waals surface area contributed by atoms with E-state index in [1.54, 1.807) is 6.07 Å². The van der Waals surface area contributed by atoms with Crippen LogP contribution in [0.15, 0.2) is 54.1 Å². The second-order valence-electron chi connectivity index (χ2n) is 9.13. The summed E-state index contributed by atoms with van der Waals surface area (Å²) in [5.41, 5.74) is 2.92. The first-order valence-electron chi connectivity index (χ1n) is 11.9. The minimum absolute atomic E-state index is 0.00473. The number of fused-ring (bicyclic) bond motifs is 2. The van der Waals surface area contributed by atoms with E-state index in [2.05, 4.69) is 0 Å². The highest BCUT2D eigenvalue weighted by Crippen LogP contribution is 2.46. The third kappa shape index (κ3) is 4.15. The zero-order valence-corrected chi connectivity index (χ0v) is 19.3. The van der Waals surface area contributed by atoms with Crippen LogP contribution >= 0.6 is 0 Å². The summed E-state index contributed by atoms with van der Waals surface area (Å²) in [4.78, 5) is 30.1. The van der Waals surface area contributed by atoms with E-state index in [1.165, 1.54) is 19.2 Å². The van der Waals surface area contributed by atoms with Gasteiger partial charge in [0.15, 0.2) is 0 Å². The molecule has 0 radical (unpaired) electrons. The number of ether oxygens (including phenoxy) is 2. The van der Waals surface area contributed by atoms with E-state index in [0.29, 0.717) is 29.7 Å². The molecule has 2 amide bonds. The van der Waals surface area contributed by atoms with Crippen LogP contribution in [0.1, 0.15) is 43.2 Å². The molecule has 2 atom stereocenters. The Morgan fingerprint density at radius 1 is 1.06 bits per heavy atom. The standard InChI is InChI=1S/C27H29FN2O4/c1-33-26(31)25-22(16-20-10-12-23(25)30(20)27(32)29-13-5-6-14-29)21-11-9-19(28)15-24(21)34-17-18-7-3-2-4-8-18/h2-4,7-9,11,15,20,23H,5-6,10,12-14,16-17H2,1H3/t20-,23+/m0/s1. The Morgan fingerprint density at radius 2 is 1.82 bits per heavy atom. The average Bonchev–Trinajstić information content (AvgIpc) is 3.50. The van der Waals surface area contributed by atoms with Crippen LogP contribution in [0.2, 0.25) is 0 Å². The Hall–Kier alpha value is -3.35. The van der Waals surface area contributed by atoms with Gasteiger partial charge in [0.05, 0.1) is 18.7 Å². The third-order valence-electron chi connectivity index (χ3n) is 7.11. The Kier molecular flexibility index (Phi) is 6.26. The number of carbonyl (C=O) groups is 2. The van der Waals surface area contributed by atoms with Crippen LogP contribution in [0.3, 0.4) is 0 Å². The fourth-order valence-corrected chi connectivity index (χ4v) is 5.50. The number of rotatable bonds is 5. The molecule has 34 heavy (non-hydrogen) atoms.